The van der Waals surface area contributed by atoms with Crippen molar-refractivity contribution in [3.8, 4) is 17.6 Å². The lowest BCUT2D eigenvalue weighted by Gasteiger charge is -2.37. The fourth-order valence-electron chi connectivity index (χ4n) is 3.92. The molecule has 0 aliphatic carbocycles. The van der Waals surface area contributed by atoms with Crippen molar-refractivity contribution < 1.29 is 23.1 Å². The molecule has 1 aliphatic rings. The van der Waals surface area contributed by atoms with Gasteiger partial charge in [0.05, 0.1) is 13.2 Å². The highest BCUT2D eigenvalue weighted by Gasteiger charge is 2.38. The van der Waals surface area contributed by atoms with Gasteiger partial charge in [-0.3, -0.25) is 9.78 Å². The molecule has 1 aromatic carbocycles. The molecule has 8 nitrogen and oxygen atoms in total. The summed E-state index contributed by atoms with van der Waals surface area (Å²) in [6.07, 6.45) is 1.77. The summed E-state index contributed by atoms with van der Waals surface area (Å²) in [5.74, 6) is 6.29. The molecule has 9 heteroatoms. The minimum Gasteiger partial charge on any atom is -0.487 e. The van der Waals surface area contributed by atoms with Gasteiger partial charge in [-0.1, -0.05) is 38.7 Å². The van der Waals surface area contributed by atoms with Gasteiger partial charge in [0.25, 0.3) is 5.91 Å². The SMILES string of the molecule is CC(C)CC#Cc1ccc2c(c1)O[C@@H](CN(C)C(=O)c1ccccn1)[C@H](C)CN([C@H](C)CO)S2(=O)=O. The van der Waals surface area contributed by atoms with E-state index < -0.39 is 22.2 Å². The number of aromatic nitrogens is 1. The van der Waals surface area contributed by atoms with Gasteiger partial charge in [0.2, 0.25) is 10.0 Å². The third-order valence-corrected chi connectivity index (χ3v) is 8.11. The molecule has 0 saturated carbocycles. The van der Waals surface area contributed by atoms with Gasteiger partial charge in [-0.25, -0.2) is 8.42 Å². The molecule has 1 aliphatic heterocycles. The third-order valence-electron chi connectivity index (χ3n) is 6.09. The van der Waals surface area contributed by atoms with Crippen molar-refractivity contribution in [1.29, 1.82) is 0 Å². The summed E-state index contributed by atoms with van der Waals surface area (Å²) in [4.78, 5) is 18.6. The predicted octanol–water partition coefficient (Wildman–Crippen LogP) is 3.02. The molecule has 0 bridgehead atoms. The molecule has 2 heterocycles. The first-order valence-corrected chi connectivity index (χ1v) is 13.6. The normalized spacial score (nSPS) is 20.2. The molecular formula is C27H35N3O5S. The number of fused-ring (bicyclic) bond motifs is 1. The van der Waals surface area contributed by atoms with Gasteiger partial charge >= 0.3 is 0 Å². The van der Waals surface area contributed by atoms with E-state index in [-0.39, 0.29) is 42.2 Å². The van der Waals surface area contributed by atoms with E-state index in [0.717, 1.165) is 6.42 Å². The van der Waals surface area contributed by atoms with Gasteiger partial charge in [0.15, 0.2) is 0 Å². The van der Waals surface area contributed by atoms with Crippen LogP contribution in [0.3, 0.4) is 0 Å². The van der Waals surface area contributed by atoms with E-state index in [4.69, 9.17) is 4.74 Å². The number of amides is 1. The lowest BCUT2D eigenvalue weighted by molar-refractivity contribution is 0.0559. The minimum absolute atomic E-state index is 0.0211. The van der Waals surface area contributed by atoms with E-state index >= 15 is 0 Å². The van der Waals surface area contributed by atoms with Crippen LogP contribution in [0.2, 0.25) is 0 Å². The number of hydrogen-bond donors (Lipinski definition) is 1. The fraction of sp³-hybridized carbons (Fsp3) is 0.481. The van der Waals surface area contributed by atoms with Crippen molar-refractivity contribution >= 4 is 15.9 Å². The van der Waals surface area contributed by atoms with Crippen LogP contribution in [0.15, 0.2) is 47.5 Å². The van der Waals surface area contributed by atoms with Crippen LogP contribution in [0.1, 0.15) is 50.2 Å². The predicted molar refractivity (Wildman–Crippen MR) is 138 cm³/mol. The molecule has 1 N–H and O–H groups in total. The van der Waals surface area contributed by atoms with Crippen LogP contribution in [0.5, 0.6) is 5.75 Å². The molecule has 0 spiro atoms. The number of ether oxygens (including phenoxy) is 1. The fourth-order valence-corrected chi connectivity index (χ4v) is 5.74. The monoisotopic (exact) mass is 513 g/mol. The Labute approximate surface area is 214 Å². The number of rotatable bonds is 6. The second-order valence-corrected chi connectivity index (χ2v) is 11.6. The molecule has 194 valence electrons. The van der Waals surface area contributed by atoms with Gasteiger partial charge in [0.1, 0.15) is 22.4 Å². The molecule has 0 saturated heterocycles. The van der Waals surface area contributed by atoms with E-state index in [9.17, 15) is 18.3 Å². The first kappa shape index (κ1) is 27.7. The molecule has 0 radical (unpaired) electrons. The smallest absolute Gasteiger partial charge is 0.272 e. The van der Waals surface area contributed by atoms with E-state index in [2.05, 4.69) is 30.7 Å². The number of carbonyl (C=O) groups is 1. The Kier molecular flexibility index (Phi) is 9.12. The van der Waals surface area contributed by atoms with Crippen LogP contribution >= 0.6 is 0 Å². The van der Waals surface area contributed by atoms with E-state index in [1.165, 1.54) is 15.3 Å². The highest BCUT2D eigenvalue weighted by atomic mass is 32.2. The van der Waals surface area contributed by atoms with Gasteiger partial charge in [-0.2, -0.15) is 4.31 Å². The topological polar surface area (TPSA) is 100 Å². The largest absolute Gasteiger partial charge is 0.487 e. The maximum absolute atomic E-state index is 13.6. The molecule has 3 rings (SSSR count). The first-order chi connectivity index (χ1) is 17.0. The van der Waals surface area contributed by atoms with Crippen molar-refractivity contribution in [1.82, 2.24) is 14.2 Å². The summed E-state index contributed by atoms with van der Waals surface area (Å²) in [5.41, 5.74) is 0.968. The number of sulfonamides is 1. The minimum atomic E-state index is -3.94. The number of hydrogen-bond acceptors (Lipinski definition) is 6. The zero-order valence-corrected chi connectivity index (χ0v) is 22.3. The highest BCUT2D eigenvalue weighted by Crippen LogP contribution is 2.34. The maximum atomic E-state index is 13.6. The molecule has 3 atom stereocenters. The zero-order valence-electron chi connectivity index (χ0n) is 21.5. The van der Waals surface area contributed by atoms with Crippen molar-refractivity contribution in [2.75, 3.05) is 26.7 Å². The Bertz CT molecular complexity index is 1220. The number of aliphatic hydroxyl groups is 1. The van der Waals surface area contributed by atoms with Crippen LogP contribution in [-0.4, -0.2) is 72.5 Å². The second kappa shape index (κ2) is 11.9. The number of nitrogens with zero attached hydrogens (tertiary/aromatic N) is 3. The quantitative estimate of drug-likeness (QED) is 0.596. The van der Waals surface area contributed by atoms with Gasteiger partial charge in [0, 0.05) is 43.7 Å². The van der Waals surface area contributed by atoms with E-state index in [0.29, 0.717) is 17.2 Å². The molecule has 0 unspecified atom stereocenters. The number of benzene rings is 1. The first-order valence-electron chi connectivity index (χ1n) is 12.1. The van der Waals surface area contributed by atoms with Crippen molar-refractivity contribution in [3.05, 3.63) is 53.9 Å². The molecule has 36 heavy (non-hydrogen) atoms. The highest BCUT2D eigenvalue weighted by molar-refractivity contribution is 7.89. The van der Waals surface area contributed by atoms with E-state index in [1.807, 2.05) is 6.92 Å². The Morgan fingerprint density at radius 2 is 2.03 bits per heavy atom. The molecule has 1 amide bonds. The van der Waals surface area contributed by atoms with Crippen LogP contribution in [0.4, 0.5) is 0 Å². The Morgan fingerprint density at radius 3 is 2.67 bits per heavy atom. The zero-order chi connectivity index (χ0) is 26.5. The number of pyridine rings is 1. The maximum Gasteiger partial charge on any atom is 0.272 e. The average Bonchev–Trinajstić information content (AvgIpc) is 2.85. The van der Waals surface area contributed by atoms with Gasteiger partial charge < -0.3 is 14.7 Å². The summed E-state index contributed by atoms with van der Waals surface area (Å²) < 4.78 is 34.8. The molecule has 1 aromatic heterocycles. The Morgan fingerprint density at radius 1 is 1.28 bits per heavy atom. The summed E-state index contributed by atoms with van der Waals surface area (Å²) in [7, 11) is -2.27. The van der Waals surface area contributed by atoms with E-state index in [1.54, 1.807) is 50.5 Å². The lowest BCUT2D eigenvalue weighted by Crippen LogP contribution is -2.50. The van der Waals surface area contributed by atoms with Crippen LogP contribution in [-0.2, 0) is 10.0 Å². The standard InChI is InChI=1S/C27H35N3O5S/c1-19(2)9-8-10-22-12-13-26-24(15-22)35-25(17-29(5)27(32)23-11-6-7-14-28-23)20(3)16-30(21(4)18-31)36(26,33)34/h6-7,11-15,19-21,25,31H,9,16-18H2,1-5H3/t20-,21-,25+/m1/s1. The van der Waals surface area contributed by atoms with Gasteiger partial charge in [-0.15, -0.1) is 0 Å². The summed E-state index contributed by atoms with van der Waals surface area (Å²) in [6, 6.07) is 9.35. The molecule has 2 aromatic rings. The number of likely N-dealkylation sites (N-methyl/N-ethyl adjacent to an activating group) is 1. The molecular weight excluding hydrogens is 478 g/mol. The number of aliphatic hydroxyl groups excluding tert-OH is 1. The number of carbonyl (C=O) groups excluding carboxylic acids is 1. The lowest BCUT2D eigenvalue weighted by atomic mass is 10.0. The van der Waals surface area contributed by atoms with Crippen LogP contribution in [0.25, 0.3) is 0 Å². The summed E-state index contributed by atoms with van der Waals surface area (Å²) in [5, 5.41) is 9.80. The second-order valence-electron chi connectivity index (χ2n) is 9.70. The Hall–Kier alpha value is -2.93. The average molecular weight is 514 g/mol. The van der Waals surface area contributed by atoms with Gasteiger partial charge in [-0.05, 0) is 43.2 Å². The summed E-state index contributed by atoms with van der Waals surface area (Å²) in [6.45, 7) is 7.75. The van der Waals surface area contributed by atoms with Crippen molar-refractivity contribution in [3.63, 3.8) is 0 Å². The van der Waals surface area contributed by atoms with Crippen LogP contribution in [0, 0.1) is 23.7 Å². The van der Waals surface area contributed by atoms with Crippen molar-refractivity contribution in [2.45, 2.75) is 51.2 Å². The molecule has 0 fully saturated rings. The Balaban J connectivity index is 2.00. The van der Waals surface area contributed by atoms with Crippen molar-refractivity contribution in [2.24, 2.45) is 11.8 Å². The summed E-state index contributed by atoms with van der Waals surface area (Å²) >= 11 is 0. The third kappa shape index (κ3) is 6.44. The van der Waals surface area contributed by atoms with Crippen LogP contribution < -0.4 is 4.74 Å².